The van der Waals surface area contributed by atoms with E-state index in [0.717, 1.165) is 0 Å². The highest BCUT2D eigenvalue weighted by atomic mass is 32.2. The van der Waals surface area contributed by atoms with E-state index in [1.807, 2.05) is 6.92 Å². The molecule has 0 spiro atoms. The van der Waals surface area contributed by atoms with Crippen molar-refractivity contribution in [2.24, 2.45) is 0 Å². The third kappa shape index (κ3) is 2.84. The lowest BCUT2D eigenvalue weighted by Gasteiger charge is -2.05. The quantitative estimate of drug-likeness (QED) is 0.617. The van der Waals surface area contributed by atoms with Crippen molar-refractivity contribution in [2.75, 3.05) is 11.5 Å². The van der Waals surface area contributed by atoms with Crippen LogP contribution in [-0.4, -0.2) is 20.1 Å². The van der Waals surface area contributed by atoms with Crippen LogP contribution in [-0.2, 0) is 0 Å². The number of aryl methyl sites for hydroxylation is 1. The molecule has 0 aromatic carbocycles. The Balaban J connectivity index is 2.15. The Morgan fingerprint density at radius 2 is 1.88 bits per heavy atom. The third-order valence-corrected chi connectivity index (χ3v) is 2.87. The van der Waals surface area contributed by atoms with Gasteiger partial charge in [-0.3, -0.25) is 0 Å². The van der Waals surface area contributed by atoms with Gasteiger partial charge in [0.2, 0.25) is 5.89 Å². The maximum atomic E-state index is 5.58. The number of nitrogens with two attached hydrogens (primary N) is 2. The van der Waals surface area contributed by atoms with Gasteiger partial charge in [0.05, 0.1) is 5.25 Å². The molecular weight excluding hydrogens is 240 g/mol. The summed E-state index contributed by atoms with van der Waals surface area (Å²) in [5.74, 6) is 1.81. The Hall–Kier alpha value is -1.83. The maximum absolute atomic E-state index is 5.58. The van der Waals surface area contributed by atoms with Crippen LogP contribution < -0.4 is 11.5 Å². The lowest BCUT2D eigenvalue weighted by molar-refractivity contribution is 0.376. The number of nitrogen functional groups attached to an aromatic ring is 2. The number of anilines is 2. The molecule has 17 heavy (non-hydrogen) atoms. The van der Waals surface area contributed by atoms with Crippen LogP contribution in [0.15, 0.2) is 15.7 Å². The van der Waals surface area contributed by atoms with Crippen molar-refractivity contribution in [1.82, 2.24) is 20.1 Å². The topological polar surface area (TPSA) is 117 Å². The summed E-state index contributed by atoms with van der Waals surface area (Å²) in [7, 11) is 0. The predicted molar refractivity (Wildman–Crippen MR) is 64.2 cm³/mol. The molecule has 0 fully saturated rings. The van der Waals surface area contributed by atoms with Gasteiger partial charge in [0.15, 0.2) is 11.0 Å². The van der Waals surface area contributed by atoms with E-state index < -0.39 is 0 Å². The Labute approximate surface area is 102 Å². The zero-order chi connectivity index (χ0) is 12.4. The van der Waals surface area contributed by atoms with Crippen molar-refractivity contribution >= 4 is 23.4 Å². The summed E-state index contributed by atoms with van der Waals surface area (Å²) in [4.78, 5) is 12.3. The first-order chi connectivity index (χ1) is 8.04. The van der Waals surface area contributed by atoms with Gasteiger partial charge in [-0.15, -0.1) is 0 Å². The van der Waals surface area contributed by atoms with Crippen molar-refractivity contribution in [1.29, 1.82) is 0 Å². The van der Waals surface area contributed by atoms with Crippen LogP contribution in [0.2, 0.25) is 0 Å². The van der Waals surface area contributed by atoms with Crippen molar-refractivity contribution in [3.8, 4) is 0 Å². The first kappa shape index (κ1) is 11.6. The van der Waals surface area contributed by atoms with Crippen LogP contribution in [0.1, 0.15) is 23.9 Å². The molecule has 0 saturated carbocycles. The summed E-state index contributed by atoms with van der Waals surface area (Å²) in [6.07, 6.45) is 0. The van der Waals surface area contributed by atoms with Crippen LogP contribution in [0, 0.1) is 6.92 Å². The minimum atomic E-state index is -0.0580. The highest BCUT2D eigenvalue weighted by Crippen LogP contribution is 2.32. The lowest BCUT2D eigenvalue weighted by atomic mass is 10.5. The van der Waals surface area contributed by atoms with E-state index in [4.69, 9.17) is 16.0 Å². The fourth-order valence-electron chi connectivity index (χ4n) is 1.20. The molecule has 2 rings (SSSR count). The van der Waals surface area contributed by atoms with Crippen LogP contribution in [0.4, 0.5) is 11.6 Å². The summed E-state index contributed by atoms with van der Waals surface area (Å²) < 4.78 is 5.06. The van der Waals surface area contributed by atoms with Gasteiger partial charge < -0.3 is 16.0 Å². The highest BCUT2D eigenvalue weighted by molar-refractivity contribution is 7.99. The second-order valence-corrected chi connectivity index (χ2v) is 4.75. The van der Waals surface area contributed by atoms with Gasteiger partial charge >= 0.3 is 0 Å². The van der Waals surface area contributed by atoms with E-state index in [1.165, 1.54) is 17.8 Å². The van der Waals surface area contributed by atoms with Crippen molar-refractivity contribution in [2.45, 2.75) is 24.3 Å². The monoisotopic (exact) mass is 252 g/mol. The van der Waals surface area contributed by atoms with Crippen molar-refractivity contribution < 1.29 is 4.52 Å². The molecule has 90 valence electrons. The van der Waals surface area contributed by atoms with Gasteiger partial charge in [-0.2, -0.15) is 4.98 Å². The zero-order valence-electron chi connectivity index (χ0n) is 9.41. The number of thioether (sulfide) groups is 1. The molecule has 0 radical (unpaired) electrons. The van der Waals surface area contributed by atoms with Gasteiger partial charge in [-0.1, -0.05) is 16.9 Å². The SMILES string of the molecule is Cc1noc([C@@H](C)Sc2nc(N)cc(N)n2)n1. The van der Waals surface area contributed by atoms with Crippen LogP contribution in [0.5, 0.6) is 0 Å². The number of rotatable bonds is 3. The molecule has 7 nitrogen and oxygen atoms in total. The van der Waals surface area contributed by atoms with E-state index in [0.29, 0.717) is 28.5 Å². The molecule has 2 aromatic rings. The second-order valence-electron chi connectivity index (χ2n) is 3.44. The van der Waals surface area contributed by atoms with E-state index in [2.05, 4.69) is 20.1 Å². The average Bonchev–Trinajstić information content (AvgIpc) is 2.63. The van der Waals surface area contributed by atoms with Crippen LogP contribution in [0.25, 0.3) is 0 Å². The fraction of sp³-hybridized carbons (Fsp3) is 0.333. The number of hydrogen-bond donors (Lipinski definition) is 2. The van der Waals surface area contributed by atoms with Gasteiger partial charge in [0, 0.05) is 6.07 Å². The molecule has 0 aliphatic heterocycles. The Kier molecular flexibility index (Phi) is 3.14. The van der Waals surface area contributed by atoms with Gasteiger partial charge in [-0.25, -0.2) is 9.97 Å². The van der Waals surface area contributed by atoms with Crippen LogP contribution >= 0.6 is 11.8 Å². The molecule has 8 heteroatoms. The van der Waals surface area contributed by atoms with Crippen molar-refractivity contribution in [3.05, 3.63) is 17.8 Å². The maximum Gasteiger partial charge on any atom is 0.239 e. The standard InChI is InChI=1S/C9H12N6OS/c1-4(8-12-5(2)15-16-8)17-9-13-6(10)3-7(11)14-9/h3-4H,1-2H3,(H4,10,11,13,14)/t4-/m1/s1. The Morgan fingerprint density at radius 3 is 2.41 bits per heavy atom. The number of hydrogen-bond acceptors (Lipinski definition) is 8. The van der Waals surface area contributed by atoms with Crippen molar-refractivity contribution in [3.63, 3.8) is 0 Å². The molecule has 4 N–H and O–H groups in total. The molecule has 0 amide bonds. The number of nitrogens with zero attached hydrogens (tertiary/aromatic N) is 4. The van der Waals surface area contributed by atoms with Crippen LogP contribution in [0.3, 0.4) is 0 Å². The predicted octanol–water partition coefficient (Wildman–Crippen LogP) is 1.19. The first-order valence-electron chi connectivity index (χ1n) is 4.91. The molecule has 2 heterocycles. The number of aromatic nitrogens is 4. The largest absolute Gasteiger partial charge is 0.383 e. The molecule has 0 saturated heterocycles. The first-order valence-corrected chi connectivity index (χ1v) is 5.79. The van der Waals surface area contributed by atoms with E-state index >= 15 is 0 Å². The summed E-state index contributed by atoms with van der Waals surface area (Å²) in [5.41, 5.74) is 11.2. The molecule has 0 unspecified atom stereocenters. The molecule has 1 atom stereocenters. The molecule has 0 aliphatic carbocycles. The van der Waals surface area contributed by atoms with Gasteiger partial charge in [0.25, 0.3) is 0 Å². The second kappa shape index (κ2) is 4.58. The summed E-state index contributed by atoms with van der Waals surface area (Å²) >= 11 is 1.36. The Bertz CT molecular complexity index is 508. The third-order valence-electron chi connectivity index (χ3n) is 1.92. The molecule has 0 aliphatic rings. The molecular formula is C9H12N6OS. The van der Waals surface area contributed by atoms with Gasteiger partial charge in [0.1, 0.15) is 11.6 Å². The minimum Gasteiger partial charge on any atom is -0.383 e. The molecule has 2 aromatic heterocycles. The Morgan fingerprint density at radius 1 is 1.24 bits per heavy atom. The van der Waals surface area contributed by atoms with E-state index in [-0.39, 0.29) is 5.25 Å². The normalized spacial score (nSPS) is 12.6. The molecule has 0 bridgehead atoms. The van der Waals surface area contributed by atoms with Gasteiger partial charge in [-0.05, 0) is 13.8 Å². The lowest BCUT2D eigenvalue weighted by Crippen LogP contribution is -2.00. The average molecular weight is 252 g/mol. The minimum absolute atomic E-state index is 0.0580. The smallest absolute Gasteiger partial charge is 0.239 e. The highest BCUT2D eigenvalue weighted by Gasteiger charge is 2.16. The fourth-order valence-corrected chi connectivity index (χ4v) is 2.03. The summed E-state index contributed by atoms with van der Waals surface area (Å²) in [5, 5.41) is 4.16. The van der Waals surface area contributed by atoms with E-state index in [1.54, 1.807) is 6.92 Å². The summed E-state index contributed by atoms with van der Waals surface area (Å²) in [6, 6.07) is 1.51. The van der Waals surface area contributed by atoms with E-state index in [9.17, 15) is 0 Å². The zero-order valence-corrected chi connectivity index (χ0v) is 10.2. The summed E-state index contributed by atoms with van der Waals surface area (Å²) in [6.45, 7) is 3.68.